The van der Waals surface area contributed by atoms with Crippen LogP contribution in [0, 0.1) is 6.92 Å². The summed E-state index contributed by atoms with van der Waals surface area (Å²) in [6, 6.07) is 1.77. The van der Waals surface area contributed by atoms with Gasteiger partial charge in [0.2, 0.25) is 5.82 Å². The largest absolute Gasteiger partial charge is 0.469 e. The van der Waals surface area contributed by atoms with E-state index in [2.05, 4.69) is 19.4 Å². The van der Waals surface area contributed by atoms with E-state index >= 15 is 0 Å². The van der Waals surface area contributed by atoms with Gasteiger partial charge in [0, 0.05) is 31.8 Å². The van der Waals surface area contributed by atoms with Gasteiger partial charge >= 0.3 is 11.9 Å². The van der Waals surface area contributed by atoms with Gasteiger partial charge < -0.3 is 14.4 Å². The average Bonchev–Trinajstić information content (AvgIpc) is 2.45. The van der Waals surface area contributed by atoms with Crippen molar-refractivity contribution in [3.05, 3.63) is 17.6 Å². The van der Waals surface area contributed by atoms with Crippen molar-refractivity contribution < 1.29 is 19.1 Å². The SMILES string of the molecule is COC(=O)CCCN(C)c1cc(C)nc(C(=O)OC)n1. The molecule has 0 aliphatic rings. The zero-order chi connectivity index (χ0) is 15.1. The summed E-state index contributed by atoms with van der Waals surface area (Å²) in [5.41, 5.74) is 0.676. The highest BCUT2D eigenvalue weighted by atomic mass is 16.5. The smallest absolute Gasteiger partial charge is 0.376 e. The van der Waals surface area contributed by atoms with Crippen molar-refractivity contribution in [3.63, 3.8) is 0 Å². The zero-order valence-electron chi connectivity index (χ0n) is 12.2. The summed E-state index contributed by atoms with van der Waals surface area (Å²) in [4.78, 5) is 32.5. The van der Waals surface area contributed by atoms with E-state index in [1.807, 2.05) is 11.9 Å². The number of ether oxygens (including phenoxy) is 2. The van der Waals surface area contributed by atoms with Crippen LogP contribution in [0.25, 0.3) is 0 Å². The van der Waals surface area contributed by atoms with Crippen LogP contribution >= 0.6 is 0 Å². The van der Waals surface area contributed by atoms with Crippen LogP contribution in [0.1, 0.15) is 29.2 Å². The van der Waals surface area contributed by atoms with Gasteiger partial charge in [-0.25, -0.2) is 14.8 Å². The molecule has 0 aliphatic carbocycles. The van der Waals surface area contributed by atoms with Crippen molar-refractivity contribution in [2.45, 2.75) is 19.8 Å². The van der Waals surface area contributed by atoms with Crippen molar-refractivity contribution in [2.75, 3.05) is 32.7 Å². The van der Waals surface area contributed by atoms with Crippen molar-refractivity contribution in [2.24, 2.45) is 0 Å². The molecule has 0 unspecified atom stereocenters. The highest BCUT2D eigenvalue weighted by Gasteiger charge is 2.13. The molecule has 0 radical (unpaired) electrons. The molecule has 7 nitrogen and oxygen atoms in total. The second-order valence-electron chi connectivity index (χ2n) is 4.28. The maximum Gasteiger partial charge on any atom is 0.376 e. The number of aryl methyl sites for hydroxylation is 1. The second-order valence-corrected chi connectivity index (χ2v) is 4.28. The molecule has 0 aromatic carbocycles. The summed E-state index contributed by atoms with van der Waals surface area (Å²) in [5, 5.41) is 0. The van der Waals surface area contributed by atoms with Crippen molar-refractivity contribution in [3.8, 4) is 0 Å². The minimum atomic E-state index is -0.571. The topological polar surface area (TPSA) is 81.6 Å². The van der Waals surface area contributed by atoms with Gasteiger partial charge in [0.25, 0.3) is 0 Å². The number of carbonyl (C=O) groups excluding carboxylic acids is 2. The number of rotatable bonds is 6. The van der Waals surface area contributed by atoms with Crippen molar-refractivity contribution >= 4 is 17.8 Å². The first-order valence-corrected chi connectivity index (χ1v) is 6.20. The van der Waals surface area contributed by atoms with Gasteiger partial charge in [0.15, 0.2) is 0 Å². The molecule has 0 N–H and O–H groups in total. The molecule has 0 amide bonds. The van der Waals surface area contributed by atoms with E-state index in [0.717, 1.165) is 0 Å². The number of nitrogens with zero attached hydrogens (tertiary/aromatic N) is 3. The molecule has 0 saturated carbocycles. The first-order valence-electron chi connectivity index (χ1n) is 6.20. The lowest BCUT2D eigenvalue weighted by atomic mass is 10.3. The normalized spacial score (nSPS) is 10.0. The minimum absolute atomic E-state index is 0.0299. The fourth-order valence-electron chi connectivity index (χ4n) is 1.61. The lowest BCUT2D eigenvalue weighted by Gasteiger charge is -2.18. The molecule has 7 heteroatoms. The van der Waals surface area contributed by atoms with Crippen LogP contribution in [0.3, 0.4) is 0 Å². The van der Waals surface area contributed by atoms with Crippen LogP contribution in [0.4, 0.5) is 5.82 Å². The molecular weight excluding hydrogens is 262 g/mol. The number of anilines is 1. The van der Waals surface area contributed by atoms with Crippen LogP contribution in [0.2, 0.25) is 0 Å². The number of aromatic nitrogens is 2. The number of hydrogen-bond donors (Lipinski definition) is 0. The van der Waals surface area contributed by atoms with Crippen LogP contribution < -0.4 is 4.90 Å². The Morgan fingerprint density at radius 2 is 1.95 bits per heavy atom. The lowest BCUT2D eigenvalue weighted by molar-refractivity contribution is -0.140. The number of hydrogen-bond acceptors (Lipinski definition) is 7. The van der Waals surface area contributed by atoms with Gasteiger partial charge in [-0.2, -0.15) is 0 Å². The van der Waals surface area contributed by atoms with E-state index in [-0.39, 0.29) is 11.8 Å². The highest BCUT2D eigenvalue weighted by Crippen LogP contribution is 2.12. The van der Waals surface area contributed by atoms with Crippen LogP contribution in [0.15, 0.2) is 6.07 Å². The number of methoxy groups -OCH3 is 2. The van der Waals surface area contributed by atoms with E-state index in [1.165, 1.54) is 14.2 Å². The minimum Gasteiger partial charge on any atom is -0.469 e. The third kappa shape index (κ3) is 4.49. The van der Waals surface area contributed by atoms with E-state index in [9.17, 15) is 9.59 Å². The third-order valence-corrected chi connectivity index (χ3v) is 2.70. The summed E-state index contributed by atoms with van der Waals surface area (Å²) >= 11 is 0. The Bertz CT molecular complexity index is 491. The molecule has 20 heavy (non-hydrogen) atoms. The van der Waals surface area contributed by atoms with Gasteiger partial charge in [0.05, 0.1) is 14.2 Å². The molecule has 0 atom stereocenters. The first kappa shape index (κ1) is 15.9. The van der Waals surface area contributed by atoms with E-state index in [4.69, 9.17) is 0 Å². The van der Waals surface area contributed by atoms with Crippen molar-refractivity contribution in [1.29, 1.82) is 0 Å². The summed E-state index contributed by atoms with van der Waals surface area (Å²) in [6.45, 7) is 2.39. The zero-order valence-corrected chi connectivity index (χ0v) is 12.2. The molecule has 0 fully saturated rings. The Morgan fingerprint density at radius 1 is 1.25 bits per heavy atom. The summed E-state index contributed by atoms with van der Waals surface area (Å²) in [5.74, 6) is -0.171. The predicted octanol–water partition coefficient (Wildman–Crippen LogP) is 0.961. The van der Waals surface area contributed by atoms with Gasteiger partial charge in [0.1, 0.15) is 5.82 Å². The second kappa shape index (κ2) is 7.42. The molecule has 0 spiro atoms. The number of esters is 2. The Balaban J connectivity index is 2.72. The van der Waals surface area contributed by atoms with E-state index in [1.54, 1.807) is 13.0 Å². The Morgan fingerprint density at radius 3 is 2.55 bits per heavy atom. The summed E-state index contributed by atoms with van der Waals surface area (Å²) in [7, 11) is 4.48. The van der Waals surface area contributed by atoms with Crippen LogP contribution in [-0.4, -0.2) is 49.7 Å². The Kier molecular flexibility index (Phi) is 5.89. The fraction of sp³-hybridized carbons (Fsp3) is 0.538. The third-order valence-electron chi connectivity index (χ3n) is 2.70. The van der Waals surface area contributed by atoms with E-state index < -0.39 is 5.97 Å². The quantitative estimate of drug-likeness (QED) is 0.718. The van der Waals surface area contributed by atoms with E-state index in [0.29, 0.717) is 30.9 Å². The molecule has 0 saturated heterocycles. The summed E-state index contributed by atoms with van der Waals surface area (Å²) < 4.78 is 9.19. The Labute approximate surface area is 117 Å². The highest BCUT2D eigenvalue weighted by molar-refractivity contribution is 5.85. The van der Waals surface area contributed by atoms with Crippen LogP contribution in [-0.2, 0) is 14.3 Å². The Hall–Kier alpha value is -2.18. The number of carbonyl (C=O) groups is 2. The maximum atomic E-state index is 11.5. The van der Waals surface area contributed by atoms with Crippen LogP contribution in [0.5, 0.6) is 0 Å². The molecule has 1 heterocycles. The molecule has 0 aliphatic heterocycles. The fourth-order valence-corrected chi connectivity index (χ4v) is 1.61. The monoisotopic (exact) mass is 281 g/mol. The molecular formula is C13H19N3O4. The van der Waals surface area contributed by atoms with Gasteiger partial charge in [-0.15, -0.1) is 0 Å². The standard InChI is InChI=1S/C13H19N3O4/c1-9-8-10(15-12(14-9)13(18)20-4)16(2)7-5-6-11(17)19-3/h8H,5-7H2,1-4H3. The van der Waals surface area contributed by atoms with Gasteiger partial charge in [-0.05, 0) is 13.3 Å². The average molecular weight is 281 g/mol. The maximum absolute atomic E-state index is 11.5. The van der Waals surface area contributed by atoms with Crippen molar-refractivity contribution in [1.82, 2.24) is 9.97 Å². The van der Waals surface area contributed by atoms with Gasteiger partial charge in [-0.3, -0.25) is 4.79 Å². The molecule has 1 aromatic rings. The predicted molar refractivity (Wildman–Crippen MR) is 72.6 cm³/mol. The lowest BCUT2D eigenvalue weighted by Crippen LogP contribution is -2.22. The first-order chi connectivity index (χ1) is 9.47. The molecule has 1 aromatic heterocycles. The van der Waals surface area contributed by atoms with Gasteiger partial charge in [-0.1, -0.05) is 0 Å². The molecule has 0 bridgehead atoms. The summed E-state index contributed by atoms with van der Waals surface area (Å²) in [6.07, 6.45) is 0.981. The molecule has 1 rings (SSSR count). The molecule has 110 valence electrons.